The molecule has 23 heavy (non-hydrogen) atoms. The van der Waals surface area contributed by atoms with E-state index in [4.69, 9.17) is 0 Å². The van der Waals surface area contributed by atoms with Crippen LogP contribution in [0, 0.1) is 0 Å². The van der Waals surface area contributed by atoms with Gasteiger partial charge in [0.05, 0.1) is 5.25 Å². The topological polar surface area (TPSA) is 84.0 Å². The number of urea groups is 1. The Morgan fingerprint density at radius 2 is 2.22 bits per heavy atom. The van der Waals surface area contributed by atoms with E-state index in [0.29, 0.717) is 6.54 Å². The average Bonchev–Trinajstić information content (AvgIpc) is 3.07. The molecular formula is C15H18N4O2S2. The zero-order valence-electron chi connectivity index (χ0n) is 13.0. The van der Waals surface area contributed by atoms with E-state index in [1.807, 2.05) is 0 Å². The van der Waals surface area contributed by atoms with Gasteiger partial charge in [-0.15, -0.1) is 11.3 Å². The summed E-state index contributed by atoms with van der Waals surface area (Å²) in [5.41, 5.74) is 1.34. The van der Waals surface area contributed by atoms with Crippen molar-refractivity contribution in [1.82, 2.24) is 20.6 Å². The van der Waals surface area contributed by atoms with Crippen LogP contribution in [0.1, 0.15) is 30.7 Å². The van der Waals surface area contributed by atoms with E-state index >= 15 is 0 Å². The van der Waals surface area contributed by atoms with Gasteiger partial charge in [-0.2, -0.15) is 0 Å². The minimum Gasteiger partial charge on any atom is -0.338 e. The van der Waals surface area contributed by atoms with Crippen molar-refractivity contribution < 1.29 is 9.59 Å². The smallest absolute Gasteiger partial charge is 0.321 e. The molecule has 1 atom stereocenters. The highest BCUT2D eigenvalue weighted by Gasteiger charge is 2.24. The second kappa shape index (κ2) is 6.84. The zero-order chi connectivity index (χ0) is 16.4. The number of rotatable bonds is 4. The standard InChI is InChI=1S/C15H18N4O2S2/c1-3-16-15(21)19-12(20)8(2)22-13-11-9-5-4-6-10(9)23-14(11)18-7-17-13/h7-8H,3-6H2,1-2H3,(H2,16,19,20,21). The van der Waals surface area contributed by atoms with Gasteiger partial charge < -0.3 is 5.32 Å². The molecule has 0 aromatic carbocycles. The van der Waals surface area contributed by atoms with Crippen LogP contribution in [-0.2, 0) is 17.6 Å². The number of carbonyl (C=O) groups excluding carboxylic acids is 2. The molecule has 6 nitrogen and oxygen atoms in total. The van der Waals surface area contributed by atoms with Crippen molar-refractivity contribution >= 4 is 45.3 Å². The molecule has 0 saturated carbocycles. The maximum atomic E-state index is 12.1. The Morgan fingerprint density at radius 3 is 3.00 bits per heavy atom. The zero-order valence-corrected chi connectivity index (χ0v) is 14.6. The van der Waals surface area contributed by atoms with Gasteiger partial charge in [0, 0.05) is 16.8 Å². The molecule has 122 valence electrons. The van der Waals surface area contributed by atoms with Crippen LogP contribution in [-0.4, -0.2) is 33.7 Å². The van der Waals surface area contributed by atoms with Crippen LogP contribution in [0.2, 0.25) is 0 Å². The number of fused-ring (bicyclic) bond motifs is 3. The number of carbonyl (C=O) groups is 2. The molecule has 2 aromatic rings. The van der Waals surface area contributed by atoms with Crippen LogP contribution in [0.5, 0.6) is 0 Å². The van der Waals surface area contributed by atoms with Gasteiger partial charge in [-0.25, -0.2) is 14.8 Å². The van der Waals surface area contributed by atoms with Crippen LogP contribution >= 0.6 is 23.1 Å². The number of hydrogen-bond donors (Lipinski definition) is 2. The summed E-state index contributed by atoms with van der Waals surface area (Å²) in [4.78, 5) is 34.7. The van der Waals surface area contributed by atoms with Gasteiger partial charge in [-0.3, -0.25) is 10.1 Å². The van der Waals surface area contributed by atoms with Crippen LogP contribution in [0.3, 0.4) is 0 Å². The lowest BCUT2D eigenvalue weighted by molar-refractivity contribution is -0.119. The minimum atomic E-state index is -0.464. The molecule has 0 fully saturated rings. The molecule has 1 aliphatic rings. The Kier molecular flexibility index (Phi) is 4.82. The monoisotopic (exact) mass is 350 g/mol. The molecule has 2 N–H and O–H groups in total. The molecule has 1 aliphatic carbocycles. The third-order valence-corrected chi connectivity index (χ3v) is 6.00. The lowest BCUT2D eigenvalue weighted by Crippen LogP contribution is -2.42. The quantitative estimate of drug-likeness (QED) is 0.654. The molecule has 3 amide bonds. The minimum absolute atomic E-state index is 0.320. The van der Waals surface area contributed by atoms with E-state index in [-0.39, 0.29) is 5.91 Å². The molecule has 0 aliphatic heterocycles. The summed E-state index contributed by atoms with van der Waals surface area (Å²) in [5.74, 6) is -0.320. The maximum Gasteiger partial charge on any atom is 0.321 e. The number of hydrogen-bond acceptors (Lipinski definition) is 6. The summed E-state index contributed by atoms with van der Waals surface area (Å²) < 4.78 is 0. The lowest BCUT2D eigenvalue weighted by Gasteiger charge is -2.11. The van der Waals surface area contributed by atoms with Gasteiger partial charge in [-0.1, -0.05) is 11.8 Å². The number of thiophene rings is 1. The first-order valence-corrected chi connectivity index (χ1v) is 9.30. The van der Waals surface area contributed by atoms with E-state index in [1.165, 1.54) is 28.6 Å². The van der Waals surface area contributed by atoms with E-state index in [9.17, 15) is 9.59 Å². The van der Waals surface area contributed by atoms with Crippen LogP contribution in [0.25, 0.3) is 10.2 Å². The molecule has 2 heterocycles. The predicted molar refractivity (Wildman–Crippen MR) is 92.0 cm³/mol. The first-order valence-electron chi connectivity index (χ1n) is 7.60. The summed E-state index contributed by atoms with van der Waals surface area (Å²) in [6.07, 6.45) is 4.87. The van der Waals surface area contributed by atoms with Crippen molar-refractivity contribution in [3.63, 3.8) is 0 Å². The molecule has 3 rings (SSSR count). The predicted octanol–water partition coefficient (Wildman–Crippen LogP) is 2.51. The van der Waals surface area contributed by atoms with Gasteiger partial charge in [0.1, 0.15) is 16.2 Å². The Morgan fingerprint density at radius 1 is 1.39 bits per heavy atom. The van der Waals surface area contributed by atoms with Crippen molar-refractivity contribution in [2.24, 2.45) is 0 Å². The first kappa shape index (κ1) is 16.2. The fraction of sp³-hybridized carbons (Fsp3) is 0.467. The lowest BCUT2D eigenvalue weighted by atomic mass is 10.2. The van der Waals surface area contributed by atoms with Crippen LogP contribution in [0.15, 0.2) is 11.4 Å². The summed E-state index contributed by atoms with van der Waals surface area (Å²) in [6.45, 7) is 4.06. The van der Waals surface area contributed by atoms with Crippen LogP contribution < -0.4 is 10.6 Å². The SMILES string of the molecule is CCNC(=O)NC(=O)C(C)Sc1ncnc2sc3c(c12)CCC3. The van der Waals surface area contributed by atoms with Crippen LogP contribution in [0.4, 0.5) is 4.79 Å². The number of imide groups is 1. The maximum absolute atomic E-state index is 12.1. The highest BCUT2D eigenvalue weighted by atomic mass is 32.2. The highest BCUT2D eigenvalue weighted by molar-refractivity contribution is 8.00. The second-order valence-electron chi connectivity index (χ2n) is 5.33. The Labute approximate surface area is 142 Å². The Balaban J connectivity index is 1.79. The largest absolute Gasteiger partial charge is 0.338 e. The normalized spacial score (nSPS) is 14.5. The van der Waals surface area contributed by atoms with Gasteiger partial charge in [0.2, 0.25) is 5.91 Å². The molecule has 1 unspecified atom stereocenters. The molecule has 0 spiro atoms. The van der Waals surface area contributed by atoms with Crippen molar-refractivity contribution in [3.05, 3.63) is 16.8 Å². The van der Waals surface area contributed by atoms with Gasteiger partial charge in [-0.05, 0) is 38.7 Å². The summed E-state index contributed by atoms with van der Waals surface area (Å²) >= 11 is 3.10. The molecule has 2 aromatic heterocycles. The van der Waals surface area contributed by atoms with Crippen molar-refractivity contribution in [2.45, 2.75) is 43.4 Å². The molecule has 0 radical (unpaired) electrons. The van der Waals surface area contributed by atoms with E-state index < -0.39 is 11.3 Å². The second-order valence-corrected chi connectivity index (χ2v) is 7.74. The van der Waals surface area contributed by atoms with Gasteiger partial charge in [0.25, 0.3) is 0 Å². The molecule has 8 heteroatoms. The fourth-order valence-electron chi connectivity index (χ4n) is 2.63. The van der Waals surface area contributed by atoms with Gasteiger partial charge >= 0.3 is 6.03 Å². The Hall–Kier alpha value is -1.67. The number of nitrogens with zero attached hydrogens (tertiary/aromatic N) is 2. The number of thioether (sulfide) groups is 1. The van der Waals surface area contributed by atoms with Crippen molar-refractivity contribution in [3.8, 4) is 0 Å². The average molecular weight is 350 g/mol. The number of nitrogens with one attached hydrogen (secondary N) is 2. The van der Waals surface area contributed by atoms with E-state index in [1.54, 1.807) is 31.5 Å². The number of amides is 3. The van der Waals surface area contributed by atoms with Crippen molar-refractivity contribution in [1.29, 1.82) is 0 Å². The third-order valence-electron chi connectivity index (χ3n) is 3.70. The molecular weight excluding hydrogens is 332 g/mol. The summed E-state index contributed by atoms with van der Waals surface area (Å²) in [5, 5.41) is 6.40. The summed E-state index contributed by atoms with van der Waals surface area (Å²) in [6, 6.07) is -0.464. The van der Waals surface area contributed by atoms with E-state index in [0.717, 1.165) is 28.1 Å². The summed E-state index contributed by atoms with van der Waals surface area (Å²) in [7, 11) is 0. The molecule has 0 saturated heterocycles. The third kappa shape index (κ3) is 3.32. The fourth-order valence-corrected chi connectivity index (χ4v) is 4.87. The number of aromatic nitrogens is 2. The number of aryl methyl sites for hydroxylation is 2. The Bertz CT molecular complexity index is 759. The van der Waals surface area contributed by atoms with Gasteiger partial charge in [0.15, 0.2) is 0 Å². The highest BCUT2D eigenvalue weighted by Crippen LogP contribution is 2.40. The van der Waals surface area contributed by atoms with Crippen molar-refractivity contribution in [2.75, 3.05) is 6.54 Å². The molecule has 0 bridgehead atoms. The van der Waals surface area contributed by atoms with E-state index in [2.05, 4.69) is 20.6 Å². The first-order chi connectivity index (χ1) is 11.1.